The number of likely N-dealkylation sites (tertiary alicyclic amines) is 1. The molecule has 18 heavy (non-hydrogen) atoms. The smallest absolute Gasteiger partial charge is 0.254 e. The van der Waals surface area contributed by atoms with Crippen molar-refractivity contribution in [3.05, 3.63) is 33.4 Å². The summed E-state index contributed by atoms with van der Waals surface area (Å²) < 4.78 is 1.13. The molecule has 1 amide bonds. The molecule has 1 saturated heterocycles. The SMILES string of the molecule is CCC1CCCCCN1C(=O)c1cccc(I)c1. The van der Waals surface area contributed by atoms with Crippen LogP contribution in [0.4, 0.5) is 0 Å². The van der Waals surface area contributed by atoms with Crippen LogP contribution in [0.2, 0.25) is 0 Å². The maximum atomic E-state index is 12.6. The van der Waals surface area contributed by atoms with E-state index in [0.29, 0.717) is 6.04 Å². The average Bonchev–Trinajstić information content (AvgIpc) is 2.62. The first-order valence-corrected chi connectivity index (χ1v) is 7.86. The fourth-order valence-electron chi connectivity index (χ4n) is 2.66. The fraction of sp³-hybridized carbons (Fsp3) is 0.533. The Hall–Kier alpha value is -0.580. The molecule has 2 nitrogen and oxygen atoms in total. The summed E-state index contributed by atoms with van der Waals surface area (Å²) in [5.74, 6) is 0.210. The average molecular weight is 357 g/mol. The van der Waals surface area contributed by atoms with Crippen molar-refractivity contribution in [2.24, 2.45) is 0 Å². The normalized spacial score (nSPS) is 20.6. The second-order valence-electron chi connectivity index (χ2n) is 4.92. The standard InChI is InChI=1S/C15H20INO/c1-2-14-9-4-3-5-10-17(14)15(18)12-7-6-8-13(16)11-12/h6-8,11,14H,2-5,9-10H2,1H3. The maximum Gasteiger partial charge on any atom is 0.254 e. The Morgan fingerprint density at radius 3 is 2.94 bits per heavy atom. The zero-order valence-corrected chi connectivity index (χ0v) is 13.0. The highest BCUT2D eigenvalue weighted by atomic mass is 127. The lowest BCUT2D eigenvalue weighted by Crippen LogP contribution is -2.39. The number of halogens is 1. The molecule has 1 heterocycles. The Morgan fingerprint density at radius 1 is 1.39 bits per heavy atom. The van der Waals surface area contributed by atoms with Crippen LogP contribution in [-0.2, 0) is 0 Å². The number of rotatable bonds is 2. The van der Waals surface area contributed by atoms with Crippen LogP contribution >= 0.6 is 22.6 Å². The second kappa shape index (κ2) is 6.55. The zero-order chi connectivity index (χ0) is 13.0. The first-order chi connectivity index (χ1) is 8.72. The van der Waals surface area contributed by atoms with Crippen molar-refractivity contribution < 1.29 is 4.79 Å². The topological polar surface area (TPSA) is 20.3 Å². The molecule has 1 fully saturated rings. The molecule has 1 aliphatic rings. The lowest BCUT2D eigenvalue weighted by molar-refractivity contribution is 0.0678. The van der Waals surface area contributed by atoms with Crippen molar-refractivity contribution in [1.29, 1.82) is 0 Å². The Kier molecular flexibility index (Phi) is 5.03. The van der Waals surface area contributed by atoms with Gasteiger partial charge in [0.15, 0.2) is 0 Å². The summed E-state index contributed by atoms with van der Waals surface area (Å²) in [5, 5.41) is 0. The maximum absolute atomic E-state index is 12.6. The molecule has 0 aliphatic carbocycles. The van der Waals surface area contributed by atoms with Crippen molar-refractivity contribution >= 4 is 28.5 Å². The molecule has 1 aliphatic heterocycles. The highest BCUT2D eigenvalue weighted by molar-refractivity contribution is 14.1. The lowest BCUT2D eigenvalue weighted by atomic mass is 10.1. The summed E-state index contributed by atoms with van der Waals surface area (Å²) in [4.78, 5) is 14.7. The summed E-state index contributed by atoms with van der Waals surface area (Å²) in [5.41, 5.74) is 0.835. The molecular weight excluding hydrogens is 337 g/mol. The largest absolute Gasteiger partial charge is 0.336 e. The minimum atomic E-state index is 0.210. The second-order valence-corrected chi connectivity index (χ2v) is 6.17. The molecule has 0 saturated carbocycles. The first kappa shape index (κ1) is 13.8. The van der Waals surface area contributed by atoms with Gasteiger partial charge in [0.25, 0.3) is 5.91 Å². The van der Waals surface area contributed by atoms with Gasteiger partial charge < -0.3 is 4.90 Å². The third-order valence-electron chi connectivity index (χ3n) is 3.68. The van der Waals surface area contributed by atoms with Gasteiger partial charge in [-0.05, 0) is 60.1 Å². The van der Waals surface area contributed by atoms with Gasteiger partial charge in [-0.15, -0.1) is 0 Å². The lowest BCUT2D eigenvalue weighted by Gasteiger charge is -2.29. The Labute approximate surface area is 123 Å². The van der Waals surface area contributed by atoms with Gasteiger partial charge in [-0.3, -0.25) is 4.79 Å². The number of hydrogen-bond donors (Lipinski definition) is 0. The van der Waals surface area contributed by atoms with Crippen LogP contribution in [0.15, 0.2) is 24.3 Å². The van der Waals surface area contributed by atoms with Crippen LogP contribution in [0, 0.1) is 3.57 Å². The van der Waals surface area contributed by atoms with Crippen LogP contribution in [0.3, 0.4) is 0 Å². The molecule has 3 heteroatoms. The van der Waals surface area contributed by atoms with Crippen molar-refractivity contribution in [3.63, 3.8) is 0 Å². The molecule has 2 rings (SSSR count). The molecule has 0 radical (unpaired) electrons. The van der Waals surface area contributed by atoms with Gasteiger partial charge in [0.1, 0.15) is 0 Å². The van der Waals surface area contributed by atoms with E-state index < -0.39 is 0 Å². The predicted octanol–water partition coefficient (Wildman–Crippen LogP) is 4.09. The highest BCUT2D eigenvalue weighted by Crippen LogP contribution is 2.21. The fourth-order valence-corrected chi connectivity index (χ4v) is 3.20. The molecule has 1 unspecified atom stereocenters. The van der Waals surface area contributed by atoms with E-state index in [0.717, 1.165) is 34.9 Å². The van der Waals surface area contributed by atoms with E-state index in [2.05, 4.69) is 34.4 Å². The van der Waals surface area contributed by atoms with E-state index in [1.165, 1.54) is 12.8 Å². The molecule has 98 valence electrons. The third-order valence-corrected chi connectivity index (χ3v) is 4.35. The van der Waals surface area contributed by atoms with Gasteiger partial charge in [0, 0.05) is 21.7 Å². The van der Waals surface area contributed by atoms with Gasteiger partial charge in [-0.25, -0.2) is 0 Å². The van der Waals surface area contributed by atoms with Crippen molar-refractivity contribution in [3.8, 4) is 0 Å². The van der Waals surface area contributed by atoms with Gasteiger partial charge in [-0.2, -0.15) is 0 Å². The van der Waals surface area contributed by atoms with Crippen LogP contribution in [-0.4, -0.2) is 23.4 Å². The van der Waals surface area contributed by atoms with Gasteiger partial charge in [-0.1, -0.05) is 25.8 Å². The summed E-state index contributed by atoms with van der Waals surface area (Å²) in [7, 11) is 0. The molecular formula is C15H20INO. The molecule has 0 spiro atoms. The summed E-state index contributed by atoms with van der Waals surface area (Å²) in [6, 6.07) is 8.34. The summed E-state index contributed by atoms with van der Waals surface area (Å²) in [6.07, 6.45) is 5.88. The van der Waals surface area contributed by atoms with Crippen LogP contribution < -0.4 is 0 Å². The van der Waals surface area contributed by atoms with E-state index in [1.54, 1.807) is 0 Å². The monoisotopic (exact) mass is 357 g/mol. The van der Waals surface area contributed by atoms with Gasteiger partial charge >= 0.3 is 0 Å². The highest BCUT2D eigenvalue weighted by Gasteiger charge is 2.24. The van der Waals surface area contributed by atoms with Gasteiger partial charge in [0.05, 0.1) is 0 Å². The predicted molar refractivity (Wildman–Crippen MR) is 82.7 cm³/mol. The zero-order valence-electron chi connectivity index (χ0n) is 10.9. The number of nitrogens with zero attached hydrogens (tertiary/aromatic N) is 1. The minimum Gasteiger partial charge on any atom is -0.336 e. The molecule has 0 N–H and O–H groups in total. The third kappa shape index (κ3) is 3.25. The Balaban J connectivity index is 2.19. The minimum absolute atomic E-state index is 0.210. The number of amides is 1. The molecule has 0 aromatic heterocycles. The Bertz CT molecular complexity index is 419. The van der Waals surface area contributed by atoms with E-state index >= 15 is 0 Å². The summed E-state index contributed by atoms with van der Waals surface area (Å²) >= 11 is 2.26. The van der Waals surface area contributed by atoms with E-state index in [1.807, 2.05) is 24.3 Å². The molecule has 1 atom stereocenters. The van der Waals surface area contributed by atoms with Crippen molar-refractivity contribution in [1.82, 2.24) is 4.90 Å². The van der Waals surface area contributed by atoms with E-state index in [-0.39, 0.29) is 5.91 Å². The summed E-state index contributed by atoms with van der Waals surface area (Å²) in [6.45, 7) is 3.10. The van der Waals surface area contributed by atoms with E-state index in [4.69, 9.17) is 0 Å². The van der Waals surface area contributed by atoms with Crippen LogP contribution in [0.1, 0.15) is 49.4 Å². The first-order valence-electron chi connectivity index (χ1n) is 6.79. The van der Waals surface area contributed by atoms with Crippen LogP contribution in [0.25, 0.3) is 0 Å². The molecule has 0 bridgehead atoms. The van der Waals surface area contributed by atoms with E-state index in [9.17, 15) is 4.79 Å². The van der Waals surface area contributed by atoms with Gasteiger partial charge in [0.2, 0.25) is 0 Å². The Morgan fingerprint density at radius 2 is 2.22 bits per heavy atom. The molecule has 1 aromatic carbocycles. The number of carbonyl (C=O) groups is 1. The number of carbonyl (C=O) groups excluding carboxylic acids is 1. The number of benzene rings is 1. The van der Waals surface area contributed by atoms with Crippen molar-refractivity contribution in [2.75, 3.05) is 6.54 Å². The quantitative estimate of drug-likeness (QED) is 0.731. The van der Waals surface area contributed by atoms with Crippen molar-refractivity contribution in [2.45, 2.75) is 45.1 Å². The van der Waals surface area contributed by atoms with Crippen LogP contribution in [0.5, 0.6) is 0 Å². The number of hydrogen-bond acceptors (Lipinski definition) is 1. The molecule has 1 aromatic rings.